The molecule has 1 unspecified atom stereocenters. The molecule has 2 aromatic heterocycles. The van der Waals surface area contributed by atoms with Gasteiger partial charge in [-0.25, -0.2) is 4.68 Å². The monoisotopic (exact) mass is 391 g/mol. The molecule has 1 fully saturated rings. The minimum Gasteiger partial charge on any atom is -0.383 e. The van der Waals surface area contributed by atoms with Crippen LogP contribution in [0.25, 0.3) is 5.69 Å². The van der Waals surface area contributed by atoms with Gasteiger partial charge in [-0.1, -0.05) is 18.2 Å². The molecule has 1 aromatic carbocycles. The fraction of sp³-hybridized carbons (Fsp3) is 0.300. The smallest absolute Gasteiger partial charge is 0.229 e. The second kappa shape index (κ2) is 7.17. The Bertz CT molecular complexity index is 1040. The number of amides is 1. The van der Waals surface area contributed by atoms with Crippen LogP contribution in [0.3, 0.4) is 0 Å². The van der Waals surface area contributed by atoms with Crippen molar-refractivity contribution in [1.29, 1.82) is 0 Å². The highest BCUT2D eigenvalue weighted by atomic mass is 16.5. The van der Waals surface area contributed by atoms with Crippen LogP contribution in [0.5, 0.6) is 0 Å². The number of hydrogen-bond donors (Lipinski definition) is 2. The van der Waals surface area contributed by atoms with Crippen molar-refractivity contribution in [2.75, 3.05) is 42.3 Å². The number of nitrogens with zero attached hydrogens (tertiary/aromatic N) is 5. The number of para-hydroxylation sites is 1. The van der Waals surface area contributed by atoms with Crippen molar-refractivity contribution in [1.82, 2.24) is 19.7 Å². The highest BCUT2D eigenvalue weighted by Crippen LogP contribution is 2.39. The number of fused-ring (bicyclic) bond motifs is 1. The quantitative estimate of drug-likeness (QED) is 0.697. The zero-order valence-electron chi connectivity index (χ0n) is 15.8. The van der Waals surface area contributed by atoms with Crippen LogP contribution < -0.4 is 16.0 Å². The summed E-state index contributed by atoms with van der Waals surface area (Å²) in [4.78, 5) is 23.6. The topological polar surface area (TPSA) is 111 Å². The first-order chi connectivity index (χ1) is 14.2. The Morgan fingerprint density at radius 2 is 1.93 bits per heavy atom. The number of morpholine rings is 1. The number of anilines is 3. The van der Waals surface area contributed by atoms with Gasteiger partial charge in [0.05, 0.1) is 25.1 Å². The largest absolute Gasteiger partial charge is 0.383 e. The number of nitrogens with one attached hydrogen (secondary N) is 1. The van der Waals surface area contributed by atoms with Crippen LogP contribution in [0.4, 0.5) is 17.6 Å². The maximum atomic E-state index is 12.4. The van der Waals surface area contributed by atoms with Gasteiger partial charge in [0.25, 0.3) is 0 Å². The fourth-order valence-electron chi connectivity index (χ4n) is 3.81. The summed E-state index contributed by atoms with van der Waals surface area (Å²) >= 11 is 0. The molecule has 2 aliphatic heterocycles. The van der Waals surface area contributed by atoms with Gasteiger partial charge >= 0.3 is 0 Å². The fourth-order valence-corrected chi connectivity index (χ4v) is 3.81. The third-order valence-electron chi connectivity index (χ3n) is 5.28. The van der Waals surface area contributed by atoms with Crippen LogP contribution >= 0.6 is 0 Å². The highest BCUT2D eigenvalue weighted by Gasteiger charge is 2.32. The zero-order chi connectivity index (χ0) is 19.8. The summed E-state index contributed by atoms with van der Waals surface area (Å²) in [6, 6.07) is 9.83. The second-order valence-electron chi connectivity index (χ2n) is 7.13. The average molecular weight is 391 g/mol. The van der Waals surface area contributed by atoms with Crippen molar-refractivity contribution in [3.63, 3.8) is 0 Å². The van der Waals surface area contributed by atoms with Gasteiger partial charge in [0.15, 0.2) is 0 Å². The van der Waals surface area contributed by atoms with E-state index in [1.165, 1.54) is 0 Å². The van der Waals surface area contributed by atoms with E-state index in [0.29, 0.717) is 43.9 Å². The molecule has 0 aliphatic carbocycles. The van der Waals surface area contributed by atoms with Crippen molar-refractivity contribution in [2.24, 2.45) is 0 Å². The number of rotatable bonds is 3. The van der Waals surface area contributed by atoms with Gasteiger partial charge in [0, 0.05) is 37.2 Å². The lowest BCUT2D eigenvalue weighted by molar-refractivity contribution is -0.116. The number of aromatic nitrogens is 4. The molecule has 0 bridgehead atoms. The van der Waals surface area contributed by atoms with Gasteiger partial charge in [0.2, 0.25) is 11.9 Å². The Labute approximate surface area is 167 Å². The predicted octanol–water partition coefficient (Wildman–Crippen LogP) is 1.56. The van der Waals surface area contributed by atoms with E-state index in [1.807, 2.05) is 41.4 Å². The Morgan fingerprint density at radius 3 is 2.72 bits per heavy atom. The molecule has 148 valence electrons. The summed E-state index contributed by atoms with van der Waals surface area (Å²) in [5.74, 6) is 1.04. The summed E-state index contributed by atoms with van der Waals surface area (Å²) in [6.45, 7) is 2.63. The zero-order valence-corrected chi connectivity index (χ0v) is 15.8. The summed E-state index contributed by atoms with van der Waals surface area (Å²) in [7, 11) is 0. The van der Waals surface area contributed by atoms with E-state index in [2.05, 4.69) is 20.4 Å². The minimum absolute atomic E-state index is 0.0963. The van der Waals surface area contributed by atoms with E-state index < -0.39 is 0 Å². The van der Waals surface area contributed by atoms with Crippen LogP contribution in [0, 0.1) is 0 Å². The summed E-state index contributed by atoms with van der Waals surface area (Å²) in [6.07, 6.45) is 3.98. The second-order valence-corrected chi connectivity index (χ2v) is 7.13. The number of carbonyl (C=O) groups excluding carboxylic acids is 1. The van der Waals surface area contributed by atoms with Crippen LogP contribution in [0.15, 0.2) is 42.7 Å². The molecule has 4 heterocycles. The van der Waals surface area contributed by atoms with E-state index in [1.54, 1.807) is 10.9 Å². The summed E-state index contributed by atoms with van der Waals surface area (Å²) in [5.41, 5.74) is 8.95. The van der Waals surface area contributed by atoms with E-state index >= 15 is 0 Å². The molecular weight excluding hydrogens is 370 g/mol. The molecule has 9 nitrogen and oxygen atoms in total. The van der Waals surface area contributed by atoms with Crippen LogP contribution in [0.2, 0.25) is 0 Å². The maximum absolute atomic E-state index is 12.4. The van der Waals surface area contributed by atoms with Gasteiger partial charge in [-0.3, -0.25) is 4.79 Å². The van der Waals surface area contributed by atoms with Gasteiger partial charge in [-0.15, -0.1) is 0 Å². The van der Waals surface area contributed by atoms with Gasteiger partial charge in [-0.2, -0.15) is 15.1 Å². The number of nitrogen functional groups attached to an aromatic ring is 1. The summed E-state index contributed by atoms with van der Waals surface area (Å²) < 4.78 is 7.18. The molecule has 0 saturated carbocycles. The molecule has 1 saturated heterocycles. The van der Waals surface area contributed by atoms with Crippen LogP contribution in [-0.2, 0) is 9.53 Å². The third-order valence-corrected chi connectivity index (χ3v) is 5.28. The molecular formula is C20H21N7O2. The molecule has 3 aromatic rings. The summed E-state index contributed by atoms with van der Waals surface area (Å²) in [5, 5.41) is 7.32. The highest BCUT2D eigenvalue weighted by molar-refractivity contribution is 5.95. The Morgan fingerprint density at radius 1 is 1.14 bits per heavy atom. The number of ether oxygens (including phenoxy) is 1. The normalized spacial score (nSPS) is 19.0. The maximum Gasteiger partial charge on any atom is 0.229 e. The number of benzene rings is 1. The first-order valence-electron chi connectivity index (χ1n) is 9.59. The van der Waals surface area contributed by atoms with Crippen molar-refractivity contribution in [3.8, 4) is 5.69 Å². The number of nitrogens with two attached hydrogens (primary N) is 1. The lowest BCUT2D eigenvalue weighted by Gasteiger charge is -2.30. The predicted molar refractivity (Wildman–Crippen MR) is 108 cm³/mol. The van der Waals surface area contributed by atoms with E-state index in [9.17, 15) is 4.79 Å². The van der Waals surface area contributed by atoms with Gasteiger partial charge in [0.1, 0.15) is 11.6 Å². The lowest BCUT2D eigenvalue weighted by atomic mass is 9.88. The van der Waals surface area contributed by atoms with Crippen LogP contribution in [-0.4, -0.2) is 52.0 Å². The number of hydrogen-bond acceptors (Lipinski definition) is 7. The standard InChI is InChI=1S/C20H21N7O2/c21-18-17-15(13-11-22-27(12-13)14-4-2-1-3-5-14)10-16(28)23-19(17)25-20(24-18)26-6-8-29-9-7-26/h1-5,11-12,15H,6-10H2,(H3,21,23,24,25,28). The Balaban J connectivity index is 1.52. The molecule has 0 radical (unpaired) electrons. The molecule has 0 spiro atoms. The van der Waals surface area contributed by atoms with E-state index in [4.69, 9.17) is 10.5 Å². The van der Waals surface area contributed by atoms with Crippen molar-refractivity contribution in [2.45, 2.75) is 12.3 Å². The van der Waals surface area contributed by atoms with Crippen molar-refractivity contribution >= 4 is 23.5 Å². The third kappa shape index (κ3) is 3.29. The molecule has 3 N–H and O–H groups in total. The lowest BCUT2D eigenvalue weighted by Crippen LogP contribution is -2.38. The Hall–Kier alpha value is -3.46. The van der Waals surface area contributed by atoms with E-state index in [0.717, 1.165) is 16.8 Å². The molecule has 1 amide bonds. The SMILES string of the molecule is Nc1nc(N2CCOCC2)nc2c1C(c1cnn(-c3ccccc3)c1)CC(=O)N2. The van der Waals surface area contributed by atoms with Gasteiger partial charge in [-0.05, 0) is 17.7 Å². The minimum atomic E-state index is -0.241. The first-order valence-corrected chi connectivity index (χ1v) is 9.59. The average Bonchev–Trinajstić information content (AvgIpc) is 3.24. The molecule has 5 rings (SSSR count). The van der Waals surface area contributed by atoms with Crippen molar-refractivity contribution in [3.05, 3.63) is 53.9 Å². The molecule has 9 heteroatoms. The first kappa shape index (κ1) is 17.6. The van der Waals surface area contributed by atoms with Crippen molar-refractivity contribution < 1.29 is 9.53 Å². The van der Waals surface area contributed by atoms with E-state index in [-0.39, 0.29) is 18.2 Å². The Kier molecular flexibility index (Phi) is 4.36. The molecule has 1 atom stereocenters. The van der Waals surface area contributed by atoms with Crippen LogP contribution in [0.1, 0.15) is 23.5 Å². The van der Waals surface area contributed by atoms with Gasteiger partial charge < -0.3 is 20.7 Å². The number of carbonyl (C=O) groups is 1. The molecule has 2 aliphatic rings. The molecule has 29 heavy (non-hydrogen) atoms.